The highest BCUT2D eigenvalue weighted by atomic mass is 15.2. The Morgan fingerprint density at radius 3 is 2.20 bits per heavy atom. The van der Waals surface area contributed by atoms with Crippen LogP contribution < -0.4 is 5.32 Å². The SMILES string of the molecule is CNC(CN1CCCC1(C)C)c1ccc(C(C)C)cc1. The van der Waals surface area contributed by atoms with Crippen molar-refractivity contribution >= 4 is 0 Å². The molecule has 2 nitrogen and oxygen atoms in total. The van der Waals surface area contributed by atoms with Crippen LogP contribution in [0.5, 0.6) is 0 Å². The third-order valence-corrected chi connectivity index (χ3v) is 4.83. The van der Waals surface area contributed by atoms with E-state index in [9.17, 15) is 0 Å². The Balaban J connectivity index is 2.08. The molecule has 1 aromatic carbocycles. The monoisotopic (exact) mass is 274 g/mol. The maximum absolute atomic E-state index is 3.49. The minimum Gasteiger partial charge on any atom is -0.312 e. The zero-order valence-electron chi connectivity index (χ0n) is 13.7. The Morgan fingerprint density at radius 1 is 1.15 bits per heavy atom. The maximum Gasteiger partial charge on any atom is 0.0447 e. The van der Waals surface area contributed by atoms with Gasteiger partial charge in [-0.25, -0.2) is 0 Å². The lowest BCUT2D eigenvalue weighted by atomic mass is 9.97. The molecular formula is C18H30N2. The number of hydrogen-bond donors (Lipinski definition) is 1. The van der Waals surface area contributed by atoms with E-state index in [-0.39, 0.29) is 0 Å². The average molecular weight is 274 g/mol. The highest BCUT2D eigenvalue weighted by Gasteiger charge is 2.33. The van der Waals surface area contributed by atoms with E-state index in [1.165, 1.54) is 30.5 Å². The summed E-state index contributed by atoms with van der Waals surface area (Å²) in [4.78, 5) is 2.63. The Bertz CT molecular complexity index is 420. The largest absolute Gasteiger partial charge is 0.312 e. The Hall–Kier alpha value is -0.860. The second kappa shape index (κ2) is 6.28. The topological polar surface area (TPSA) is 15.3 Å². The number of benzene rings is 1. The highest BCUT2D eigenvalue weighted by Crippen LogP contribution is 2.30. The molecule has 1 aliphatic rings. The molecule has 1 heterocycles. The van der Waals surface area contributed by atoms with Crippen LogP contribution in [0.25, 0.3) is 0 Å². The van der Waals surface area contributed by atoms with Crippen LogP contribution >= 0.6 is 0 Å². The van der Waals surface area contributed by atoms with Gasteiger partial charge in [0.1, 0.15) is 0 Å². The fraction of sp³-hybridized carbons (Fsp3) is 0.667. The first-order valence-corrected chi connectivity index (χ1v) is 7.96. The molecule has 0 bridgehead atoms. The van der Waals surface area contributed by atoms with Gasteiger partial charge < -0.3 is 5.32 Å². The average Bonchev–Trinajstić information content (AvgIpc) is 2.75. The quantitative estimate of drug-likeness (QED) is 0.874. The Kier molecular flexibility index (Phi) is 4.87. The van der Waals surface area contributed by atoms with E-state index in [1.807, 2.05) is 0 Å². The van der Waals surface area contributed by atoms with Crippen molar-refractivity contribution < 1.29 is 0 Å². The summed E-state index contributed by atoms with van der Waals surface area (Å²) < 4.78 is 0. The van der Waals surface area contributed by atoms with Crippen molar-refractivity contribution in [3.63, 3.8) is 0 Å². The minimum atomic E-state index is 0.354. The first-order chi connectivity index (χ1) is 9.44. The zero-order valence-corrected chi connectivity index (χ0v) is 13.7. The molecule has 0 amide bonds. The molecule has 1 aliphatic heterocycles. The van der Waals surface area contributed by atoms with Gasteiger partial charge in [0.2, 0.25) is 0 Å². The molecule has 0 radical (unpaired) electrons. The summed E-state index contributed by atoms with van der Waals surface area (Å²) in [6.45, 7) is 11.6. The smallest absolute Gasteiger partial charge is 0.0447 e. The van der Waals surface area contributed by atoms with E-state index in [4.69, 9.17) is 0 Å². The molecule has 1 N–H and O–H groups in total. The van der Waals surface area contributed by atoms with Crippen molar-refractivity contribution in [2.75, 3.05) is 20.1 Å². The number of hydrogen-bond acceptors (Lipinski definition) is 2. The summed E-state index contributed by atoms with van der Waals surface area (Å²) in [6, 6.07) is 9.56. The van der Waals surface area contributed by atoms with E-state index in [2.05, 4.69) is 69.2 Å². The van der Waals surface area contributed by atoms with Crippen molar-refractivity contribution in [1.29, 1.82) is 0 Å². The third kappa shape index (κ3) is 3.42. The number of nitrogens with one attached hydrogen (secondary N) is 1. The van der Waals surface area contributed by atoms with E-state index in [1.54, 1.807) is 0 Å². The Labute approximate surface area is 124 Å². The molecule has 1 unspecified atom stereocenters. The number of nitrogens with zero attached hydrogens (tertiary/aromatic N) is 1. The lowest BCUT2D eigenvalue weighted by Crippen LogP contribution is -2.42. The number of likely N-dealkylation sites (N-methyl/N-ethyl adjacent to an activating group) is 1. The van der Waals surface area contributed by atoms with Crippen LogP contribution in [0, 0.1) is 0 Å². The van der Waals surface area contributed by atoms with Gasteiger partial charge in [-0.15, -0.1) is 0 Å². The lowest BCUT2D eigenvalue weighted by Gasteiger charge is -2.34. The number of likely N-dealkylation sites (tertiary alicyclic amines) is 1. The lowest BCUT2D eigenvalue weighted by molar-refractivity contribution is 0.158. The predicted molar refractivity (Wildman–Crippen MR) is 87.2 cm³/mol. The molecule has 1 fully saturated rings. The summed E-state index contributed by atoms with van der Waals surface area (Å²) in [7, 11) is 2.07. The molecule has 2 heteroatoms. The standard InChI is InChI=1S/C18H30N2/c1-14(2)15-7-9-16(10-8-15)17(19-5)13-20-12-6-11-18(20,3)4/h7-10,14,17,19H,6,11-13H2,1-5H3. The van der Waals surface area contributed by atoms with Gasteiger partial charge in [0.15, 0.2) is 0 Å². The zero-order chi connectivity index (χ0) is 14.8. The van der Waals surface area contributed by atoms with Crippen molar-refractivity contribution in [3.05, 3.63) is 35.4 Å². The van der Waals surface area contributed by atoms with Crippen molar-refractivity contribution in [1.82, 2.24) is 10.2 Å². The summed E-state index contributed by atoms with van der Waals surface area (Å²) in [5.41, 5.74) is 3.18. The van der Waals surface area contributed by atoms with Crippen molar-refractivity contribution in [2.24, 2.45) is 0 Å². The molecule has 0 aromatic heterocycles. The van der Waals surface area contributed by atoms with Crippen LogP contribution in [0.4, 0.5) is 0 Å². The van der Waals surface area contributed by atoms with Gasteiger partial charge >= 0.3 is 0 Å². The highest BCUT2D eigenvalue weighted by molar-refractivity contribution is 5.27. The molecule has 0 aliphatic carbocycles. The fourth-order valence-electron chi connectivity index (χ4n) is 3.20. The minimum absolute atomic E-state index is 0.354. The molecule has 20 heavy (non-hydrogen) atoms. The molecule has 0 spiro atoms. The van der Waals surface area contributed by atoms with Crippen molar-refractivity contribution in [3.8, 4) is 0 Å². The fourth-order valence-corrected chi connectivity index (χ4v) is 3.20. The first kappa shape index (κ1) is 15.5. The van der Waals surface area contributed by atoms with Crippen LogP contribution in [0.3, 0.4) is 0 Å². The van der Waals surface area contributed by atoms with Crippen LogP contribution in [0.15, 0.2) is 24.3 Å². The molecular weight excluding hydrogens is 244 g/mol. The van der Waals surface area contributed by atoms with Crippen LogP contribution in [-0.4, -0.2) is 30.6 Å². The van der Waals surface area contributed by atoms with Crippen LogP contribution in [0.2, 0.25) is 0 Å². The summed E-state index contributed by atoms with van der Waals surface area (Å²) in [5.74, 6) is 0.606. The van der Waals surface area contributed by atoms with Crippen LogP contribution in [-0.2, 0) is 0 Å². The van der Waals surface area contributed by atoms with Gasteiger partial charge in [-0.3, -0.25) is 4.90 Å². The molecule has 1 saturated heterocycles. The molecule has 2 rings (SSSR count). The van der Waals surface area contributed by atoms with E-state index < -0.39 is 0 Å². The van der Waals surface area contributed by atoms with E-state index in [0.717, 1.165) is 6.54 Å². The number of rotatable bonds is 5. The van der Waals surface area contributed by atoms with Gasteiger partial charge in [0.05, 0.1) is 0 Å². The molecule has 112 valence electrons. The summed E-state index contributed by atoms with van der Waals surface area (Å²) >= 11 is 0. The van der Waals surface area contributed by atoms with E-state index in [0.29, 0.717) is 17.5 Å². The van der Waals surface area contributed by atoms with Gasteiger partial charge in [-0.2, -0.15) is 0 Å². The maximum atomic E-state index is 3.49. The van der Waals surface area contributed by atoms with Crippen LogP contribution in [0.1, 0.15) is 63.6 Å². The second-order valence-corrected chi connectivity index (χ2v) is 7.02. The second-order valence-electron chi connectivity index (χ2n) is 7.02. The summed E-state index contributed by atoms with van der Waals surface area (Å²) in [5, 5.41) is 3.49. The third-order valence-electron chi connectivity index (χ3n) is 4.83. The van der Waals surface area contributed by atoms with Gasteiger partial charge in [-0.05, 0) is 57.3 Å². The molecule has 0 saturated carbocycles. The van der Waals surface area contributed by atoms with Gasteiger partial charge in [-0.1, -0.05) is 38.1 Å². The first-order valence-electron chi connectivity index (χ1n) is 7.96. The molecule has 1 aromatic rings. The Morgan fingerprint density at radius 2 is 1.75 bits per heavy atom. The van der Waals surface area contributed by atoms with Gasteiger partial charge in [0, 0.05) is 18.1 Å². The molecule has 1 atom stereocenters. The predicted octanol–water partition coefficient (Wildman–Crippen LogP) is 3.94. The van der Waals surface area contributed by atoms with E-state index >= 15 is 0 Å². The van der Waals surface area contributed by atoms with Gasteiger partial charge in [0.25, 0.3) is 0 Å². The normalized spacial score (nSPS) is 20.5. The van der Waals surface area contributed by atoms with Crippen molar-refractivity contribution in [2.45, 2.75) is 58.0 Å². The summed E-state index contributed by atoms with van der Waals surface area (Å²) in [6.07, 6.45) is 2.64.